The zero-order chi connectivity index (χ0) is 13.3. The second kappa shape index (κ2) is 5.06. The molecule has 100 valence electrons. The van der Waals surface area contributed by atoms with Gasteiger partial charge in [-0.15, -0.1) is 0 Å². The number of hydrogen-bond acceptors (Lipinski definition) is 4. The smallest absolute Gasteiger partial charge is 0.0789 e. The van der Waals surface area contributed by atoms with Crippen LogP contribution in [0.2, 0.25) is 0 Å². The van der Waals surface area contributed by atoms with Gasteiger partial charge in [-0.1, -0.05) is 6.92 Å². The van der Waals surface area contributed by atoms with Crippen molar-refractivity contribution in [2.24, 2.45) is 0 Å². The summed E-state index contributed by atoms with van der Waals surface area (Å²) < 4.78 is 5.80. The van der Waals surface area contributed by atoms with E-state index in [0.717, 1.165) is 59.7 Å². The summed E-state index contributed by atoms with van der Waals surface area (Å²) >= 11 is 0. The number of hydrogen-bond donors (Lipinski definition) is 3. The highest BCUT2D eigenvalue weighted by Crippen LogP contribution is 2.38. The standard InChI is InChI=1S/C14H23N3O/c1-4-5-18-10-6-11-12(15)8(2)9(3)13(16)14(11)17-7-10/h10,17H,4-7,15-16H2,1-3H3. The Balaban J connectivity index is 2.32. The lowest BCUT2D eigenvalue weighted by molar-refractivity contribution is 0.0609. The van der Waals surface area contributed by atoms with Crippen LogP contribution in [0.5, 0.6) is 0 Å². The van der Waals surface area contributed by atoms with E-state index in [1.165, 1.54) is 0 Å². The summed E-state index contributed by atoms with van der Waals surface area (Å²) in [5.41, 5.74) is 18.3. The van der Waals surface area contributed by atoms with E-state index in [2.05, 4.69) is 12.2 Å². The summed E-state index contributed by atoms with van der Waals surface area (Å²) in [5, 5.41) is 3.37. The number of rotatable bonds is 3. The molecule has 5 N–H and O–H groups in total. The summed E-state index contributed by atoms with van der Waals surface area (Å²) in [6.45, 7) is 7.76. The maximum Gasteiger partial charge on any atom is 0.0789 e. The van der Waals surface area contributed by atoms with Crippen molar-refractivity contribution < 1.29 is 4.74 Å². The molecule has 0 saturated carbocycles. The molecule has 4 nitrogen and oxygen atoms in total. The van der Waals surface area contributed by atoms with Gasteiger partial charge in [-0.3, -0.25) is 0 Å². The maximum atomic E-state index is 6.21. The predicted octanol–water partition coefficient (Wildman–Crippen LogP) is 2.23. The number of anilines is 3. The number of nitrogens with two attached hydrogens (primary N) is 2. The van der Waals surface area contributed by atoms with Gasteiger partial charge < -0.3 is 21.5 Å². The van der Waals surface area contributed by atoms with Gasteiger partial charge in [-0.25, -0.2) is 0 Å². The van der Waals surface area contributed by atoms with Crippen molar-refractivity contribution in [2.75, 3.05) is 29.9 Å². The Labute approximate surface area is 109 Å². The SMILES string of the molecule is CCCOC1CNc2c(N)c(C)c(C)c(N)c2C1. The number of fused-ring (bicyclic) bond motifs is 1. The molecule has 1 aliphatic rings. The van der Waals surface area contributed by atoms with Crippen molar-refractivity contribution in [2.45, 2.75) is 39.7 Å². The van der Waals surface area contributed by atoms with Crippen LogP contribution < -0.4 is 16.8 Å². The molecule has 1 aromatic rings. The first-order chi connectivity index (χ1) is 8.56. The number of benzene rings is 1. The average molecular weight is 249 g/mol. The molecule has 1 heterocycles. The third-order valence-electron chi connectivity index (χ3n) is 3.76. The minimum Gasteiger partial charge on any atom is -0.398 e. The summed E-state index contributed by atoms with van der Waals surface area (Å²) in [5.74, 6) is 0. The van der Waals surface area contributed by atoms with E-state index in [9.17, 15) is 0 Å². The lowest BCUT2D eigenvalue weighted by Gasteiger charge is -2.30. The Kier molecular flexibility index (Phi) is 3.66. The third-order valence-corrected chi connectivity index (χ3v) is 3.76. The predicted molar refractivity (Wildman–Crippen MR) is 77.0 cm³/mol. The van der Waals surface area contributed by atoms with E-state index >= 15 is 0 Å². The van der Waals surface area contributed by atoms with Crippen LogP contribution in [0.4, 0.5) is 17.1 Å². The number of ether oxygens (including phenoxy) is 1. The van der Waals surface area contributed by atoms with Crippen LogP contribution in [0, 0.1) is 13.8 Å². The lowest BCUT2D eigenvalue weighted by atomic mass is 9.92. The van der Waals surface area contributed by atoms with Gasteiger partial charge in [0.1, 0.15) is 0 Å². The lowest BCUT2D eigenvalue weighted by Crippen LogP contribution is -2.32. The van der Waals surface area contributed by atoms with Gasteiger partial charge in [0, 0.05) is 30.8 Å². The molecular formula is C14H23N3O. The highest BCUT2D eigenvalue weighted by Gasteiger charge is 2.24. The van der Waals surface area contributed by atoms with Gasteiger partial charge in [-0.05, 0) is 31.4 Å². The van der Waals surface area contributed by atoms with Crippen molar-refractivity contribution in [1.29, 1.82) is 0 Å². The molecule has 0 aliphatic carbocycles. The molecular weight excluding hydrogens is 226 g/mol. The molecule has 1 aromatic carbocycles. The normalized spacial score (nSPS) is 18.3. The van der Waals surface area contributed by atoms with Gasteiger partial charge in [-0.2, -0.15) is 0 Å². The molecule has 18 heavy (non-hydrogen) atoms. The van der Waals surface area contributed by atoms with Crippen molar-refractivity contribution in [3.8, 4) is 0 Å². The van der Waals surface area contributed by atoms with E-state index in [0.29, 0.717) is 0 Å². The van der Waals surface area contributed by atoms with E-state index in [4.69, 9.17) is 16.2 Å². The largest absolute Gasteiger partial charge is 0.398 e. The Morgan fingerprint density at radius 2 is 1.89 bits per heavy atom. The van der Waals surface area contributed by atoms with E-state index < -0.39 is 0 Å². The second-order valence-electron chi connectivity index (χ2n) is 5.01. The molecule has 1 aliphatic heterocycles. The quantitative estimate of drug-likeness (QED) is 0.718. The molecule has 1 atom stereocenters. The van der Waals surface area contributed by atoms with Crippen LogP contribution in [-0.2, 0) is 11.2 Å². The highest BCUT2D eigenvalue weighted by molar-refractivity contribution is 5.83. The Morgan fingerprint density at radius 1 is 1.22 bits per heavy atom. The first-order valence-electron chi connectivity index (χ1n) is 6.58. The fourth-order valence-electron chi connectivity index (χ4n) is 2.45. The molecule has 1 unspecified atom stereocenters. The van der Waals surface area contributed by atoms with Gasteiger partial charge >= 0.3 is 0 Å². The monoisotopic (exact) mass is 249 g/mol. The zero-order valence-electron chi connectivity index (χ0n) is 11.5. The second-order valence-corrected chi connectivity index (χ2v) is 5.01. The summed E-state index contributed by atoms with van der Waals surface area (Å²) in [6.07, 6.45) is 2.08. The molecule has 0 amide bonds. The van der Waals surface area contributed by atoms with Crippen LogP contribution in [0.1, 0.15) is 30.0 Å². The van der Waals surface area contributed by atoms with Crippen molar-refractivity contribution in [3.05, 3.63) is 16.7 Å². The molecule has 0 fully saturated rings. The van der Waals surface area contributed by atoms with Crippen LogP contribution >= 0.6 is 0 Å². The summed E-state index contributed by atoms with van der Waals surface area (Å²) in [6, 6.07) is 0. The molecule has 2 rings (SSSR count). The van der Waals surface area contributed by atoms with Crippen LogP contribution in [0.15, 0.2) is 0 Å². The van der Waals surface area contributed by atoms with Gasteiger partial charge in [0.25, 0.3) is 0 Å². The number of nitrogens with one attached hydrogen (secondary N) is 1. The molecule has 0 radical (unpaired) electrons. The summed E-state index contributed by atoms with van der Waals surface area (Å²) in [7, 11) is 0. The fourth-order valence-corrected chi connectivity index (χ4v) is 2.45. The minimum absolute atomic E-state index is 0.196. The van der Waals surface area contributed by atoms with Crippen molar-refractivity contribution >= 4 is 17.1 Å². The highest BCUT2D eigenvalue weighted by atomic mass is 16.5. The first kappa shape index (κ1) is 13.0. The van der Waals surface area contributed by atoms with Crippen molar-refractivity contribution in [1.82, 2.24) is 0 Å². The Morgan fingerprint density at radius 3 is 2.56 bits per heavy atom. The molecule has 0 spiro atoms. The minimum atomic E-state index is 0.196. The molecule has 0 aromatic heterocycles. The Hall–Kier alpha value is -1.42. The third kappa shape index (κ3) is 2.12. The number of nitrogen functional groups attached to an aromatic ring is 2. The van der Waals surface area contributed by atoms with Crippen LogP contribution in [-0.4, -0.2) is 19.3 Å². The van der Waals surface area contributed by atoms with E-state index in [1.54, 1.807) is 0 Å². The van der Waals surface area contributed by atoms with Crippen LogP contribution in [0.25, 0.3) is 0 Å². The average Bonchev–Trinajstić information content (AvgIpc) is 2.40. The molecule has 4 heteroatoms. The van der Waals surface area contributed by atoms with Gasteiger partial charge in [0.05, 0.1) is 17.5 Å². The van der Waals surface area contributed by atoms with Crippen molar-refractivity contribution in [3.63, 3.8) is 0 Å². The maximum absolute atomic E-state index is 6.21. The van der Waals surface area contributed by atoms with Crippen LogP contribution in [0.3, 0.4) is 0 Å². The van der Waals surface area contributed by atoms with Gasteiger partial charge in [0.15, 0.2) is 0 Å². The van der Waals surface area contributed by atoms with Gasteiger partial charge in [0.2, 0.25) is 0 Å². The Bertz CT molecular complexity index is 457. The topological polar surface area (TPSA) is 73.3 Å². The fraction of sp³-hybridized carbons (Fsp3) is 0.571. The molecule has 0 saturated heterocycles. The zero-order valence-corrected chi connectivity index (χ0v) is 11.5. The summed E-state index contributed by atoms with van der Waals surface area (Å²) in [4.78, 5) is 0. The van der Waals surface area contributed by atoms with E-state index in [-0.39, 0.29) is 6.10 Å². The van der Waals surface area contributed by atoms with E-state index in [1.807, 2.05) is 13.8 Å². The first-order valence-corrected chi connectivity index (χ1v) is 6.58. The molecule has 0 bridgehead atoms.